The zero-order chi connectivity index (χ0) is 8.97. The van der Waals surface area contributed by atoms with Crippen LogP contribution in [0.4, 0.5) is 0 Å². The first-order valence-corrected chi connectivity index (χ1v) is 4.79. The normalized spacial score (nSPS) is 28.8. The number of piperazine rings is 1. The van der Waals surface area contributed by atoms with Gasteiger partial charge in [-0.05, 0) is 12.8 Å². The van der Waals surface area contributed by atoms with Gasteiger partial charge in [0.25, 0.3) is 0 Å². The minimum absolute atomic E-state index is 0.302. The smallest absolute Gasteiger partial charge is 0.0468 e. The second-order valence-corrected chi connectivity index (χ2v) is 3.84. The van der Waals surface area contributed by atoms with Crippen molar-refractivity contribution in [1.29, 1.82) is 0 Å². The maximum Gasteiger partial charge on any atom is 0.0468 e. The van der Waals surface area contributed by atoms with Crippen molar-refractivity contribution in [2.45, 2.75) is 19.9 Å². The highest BCUT2D eigenvalue weighted by molar-refractivity contribution is 4.76. The van der Waals surface area contributed by atoms with Crippen molar-refractivity contribution in [3.8, 4) is 0 Å². The molecular formula is C9H20N2O. The molecule has 72 valence electrons. The second kappa shape index (κ2) is 4.80. The van der Waals surface area contributed by atoms with Crippen molar-refractivity contribution in [3.63, 3.8) is 0 Å². The van der Waals surface area contributed by atoms with Crippen molar-refractivity contribution in [2.75, 3.05) is 32.8 Å². The minimum atomic E-state index is 0.302. The van der Waals surface area contributed by atoms with Gasteiger partial charge in [0.2, 0.25) is 0 Å². The third kappa shape index (κ3) is 2.73. The number of rotatable bonds is 3. The van der Waals surface area contributed by atoms with E-state index >= 15 is 0 Å². The molecule has 0 bridgehead atoms. The number of nitrogens with one attached hydrogen (secondary N) is 1. The van der Waals surface area contributed by atoms with Gasteiger partial charge in [-0.3, -0.25) is 4.90 Å². The molecule has 1 heterocycles. The van der Waals surface area contributed by atoms with Crippen molar-refractivity contribution in [3.05, 3.63) is 0 Å². The molecule has 2 atom stereocenters. The van der Waals surface area contributed by atoms with Crippen LogP contribution in [0.5, 0.6) is 0 Å². The van der Waals surface area contributed by atoms with Crippen LogP contribution >= 0.6 is 0 Å². The summed E-state index contributed by atoms with van der Waals surface area (Å²) >= 11 is 0. The third-order valence-corrected chi connectivity index (χ3v) is 2.50. The van der Waals surface area contributed by atoms with Crippen LogP contribution in [0.2, 0.25) is 0 Å². The first kappa shape index (κ1) is 9.96. The lowest BCUT2D eigenvalue weighted by Gasteiger charge is -2.35. The van der Waals surface area contributed by atoms with E-state index < -0.39 is 0 Å². The summed E-state index contributed by atoms with van der Waals surface area (Å²) in [5.41, 5.74) is 0. The number of aliphatic hydroxyl groups excluding tert-OH is 1. The Morgan fingerprint density at radius 2 is 2.42 bits per heavy atom. The lowest BCUT2D eigenvalue weighted by molar-refractivity contribution is 0.124. The van der Waals surface area contributed by atoms with Crippen molar-refractivity contribution < 1.29 is 5.11 Å². The summed E-state index contributed by atoms with van der Waals surface area (Å²) < 4.78 is 0. The lowest BCUT2D eigenvalue weighted by atomic mass is 10.1. The average molecular weight is 172 g/mol. The molecule has 12 heavy (non-hydrogen) atoms. The van der Waals surface area contributed by atoms with Crippen LogP contribution in [0.3, 0.4) is 0 Å². The average Bonchev–Trinajstić information content (AvgIpc) is 2.09. The number of aliphatic hydroxyl groups is 1. The first-order valence-electron chi connectivity index (χ1n) is 4.79. The highest BCUT2D eigenvalue weighted by atomic mass is 16.3. The predicted octanol–water partition coefficient (Wildman–Crippen LogP) is -0.0915. The molecule has 0 saturated carbocycles. The van der Waals surface area contributed by atoms with Gasteiger partial charge in [0.05, 0.1) is 0 Å². The Balaban J connectivity index is 2.28. The van der Waals surface area contributed by atoms with Crippen LogP contribution in [0.1, 0.15) is 13.8 Å². The van der Waals surface area contributed by atoms with Crippen molar-refractivity contribution >= 4 is 0 Å². The van der Waals surface area contributed by atoms with Gasteiger partial charge in [0.1, 0.15) is 0 Å². The quantitative estimate of drug-likeness (QED) is 0.624. The van der Waals surface area contributed by atoms with Crippen LogP contribution in [0.15, 0.2) is 0 Å². The summed E-state index contributed by atoms with van der Waals surface area (Å²) in [7, 11) is 0. The largest absolute Gasteiger partial charge is 0.396 e. The zero-order valence-electron chi connectivity index (χ0n) is 8.08. The van der Waals surface area contributed by atoms with E-state index in [2.05, 4.69) is 24.1 Å². The molecule has 3 nitrogen and oxygen atoms in total. The van der Waals surface area contributed by atoms with Gasteiger partial charge in [-0.2, -0.15) is 0 Å². The van der Waals surface area contributed by atoms with Crippen LogP contribution in [-0.4, -0.2) is 48.8 Å². The molecule has 1 aliphatic heterocycles. The van der Waals surface area contributed by atoms with Crippen LogP contribution in [0, 0.1) is 5.92 Å². The monoisotopic (exact) mass is 172 g/mol. The van der Waals surface area contributed by atoms with Crippen LogP contribution in [-0.2, 0) is 0 Å². The van der Waals surface area contributed by atoms with Gasteiger partial charge in [0, 0.05) is 38.8 Å². The fourth-order valence-electron chi connectivity index (χ4n) is 1.61. The van der Waals surface area contributed by atoms with E-state index in [1.165, 1.54) is 0 Å². The van der Waals surface area contributed by atoms with Gasteiger partial charge in [-0.15, -0.1) is 0 Å². The number of hydrogen-bond donors (Lipinski definition) is 2. The molecule has 2 N–H and O–H groups in total. The Labute approximate surface area is 74.8 Å². The minimum Gasteiger partial charge on any atom is -0.396 e. The van der Waals surface area contributed by atoms with E-state index in [4.69, 9.17) is 5.11 Å². The molecule has 1 saturated heterocycles. The summed E-state index contributed by atoms with van der Waals surface area (Å²) in [6.07, 6.45) is 0. The second-order valence-electron chi connectivity index (χ2n) is 3.84. The molecule has 1 aliphatic rings. The SMILES string of the molecule is CC(CO)CN1CCNCC1C. The fourth-order valence-corrected chi connectivity index (χ4v) is 1.61. The summed E-state index contributed by atoms with van der Waals surface area (Å²) in [5.74, 6) is 0.408. The Kier molecular flexibility index (Phi) is 3.98. The predicted molar refractivity (Wildman–Crippen MR) is 50.2 cm³/mol. The summed E-state index contributed by atoms with van der Waals surface area (Å²) in [4.78, 5) is 2.44. The van der Waals surface area contributed by atoms with E-state index in [0.717, 1.165) is 26.2 Å². The Morgan fingerprint density at radius 3 is 3.00 bits per heavy atom. The molecule has 0 aromatic carbocycles. The molecule has 0 aromatic rings. The van der Waals surface area contributed by atoms with Crippen LogP contribution in [0.25, 0.3) is 0 Å². The third-order valence-electron chi connectivity index (χ3n) is 2.50. The number of hydrogen-bond acceptors (Lipinski definition) is 3. The Hall–Kier alpha value is -0.120. The maximum atomic E-state index is 8.91. The Morgan fingerprint density at radius 1 is 1.67 bits per heavy atom. The van der Waals surface area contributed by atoms with E-state index in [1.54, 1.807) is 0 Å². The number of nitrogens with zero attached hydrogens (tertiary/aromatic N) is 1. The van der Waals surface area contributed by atoms with Crippen molar-refractivity contribution in [2.24, 2.45) is 5.92 Å². The van der Waals surface area contributed by atoms with Crippen LogP contribution < -0.4 is 5.32 Å². The van der Waals surface area contributed by atoms with E-state index in [1.807, 2.05) is 0 Å². The maximum absolute atomic E-state index is 8.91. The van der Waals surface area contributed by atoms with Gasteiger partial charge >= 0.3 is 0 Å². The summed E-state index contributed by atoms with van der Waals surface area (Å²) in [6, 6.07) is 0.618. The zero-order valence-corrected chi connectivity index (χ0v) is 8.08. The molecule has 1 rings (SSSR count). The van der Waals surface area contributed by atoms with Crippen molar-refractivity contribution in [1.82, 2.24) is 10.2 Å². The highest BCUT2D eigenvalue weighted by Gasteiger charge is 2.18. The van der Waals surface area contributed by atoms with Gasteiger partial charge in [-0.1, -0.05) is 6.92 Å². The first-order chi connectivity index (χ1) is 5.74. The molecular weight excluding hydrogens is 152 g/mol. The lowest BCUT2D eigenvalue weighted by Crippen LogP contribution is -2.51. The highest BCUT2D eigenvalue weighted by Crippen LogP contribution is 2.06. The topological polar surface area (TPSA) is 35.5 Å². The molecule has 1 fully saturated rings. The molecule has 0 aliphatic carbocycles. The van der Waals surface area contributed by atoms with Gasteiger partial charge < -0.3 is 10.4 Å². The van der Waals surface area contributed by atoms with E-state index in [0.29, 0.717) is 18.6 Å². The van der Waals surface area contributed by atoms with E-state index in [-0.39, 0.29) is 0 Å². The molecule has 0 spiro atoms. The molecule has 2 unspecified atom stereocenters. The molecule has 0 aromatic heterocycles. The summed E-state index contributed by atoms with van der Waals surface area (Å²) in [6.45, 7) is 8.94. The Bertz CT molecular complexity index is 130. The van der Waals surface area contributed by atoms with Gasteiger partial charge in [-0.25, -0.2) is 0 Å². The molecule has 0 amide bonds. The van der Waals surface area contributed by atoms with Gasteiger partial charge in [0.15, 0.2) is 0 Å². The standard InChI is InChI=1S/C9H20N2O/c1-8(7-12)6-11-4-3-10-5-9(11)2/h8-10,12H,3-7H2,1-2H3. The molecule has 3 heteroatoms. The molecule has 0 radical (unpaired) electrons. The fraction of sp³-hybridized carbons (Fsp3) is 1.00. The van der Waals surface area contributed by atoms with E-state index in [9.17, 15) is 0 Å². The summed E-state index contributed by atoms with van der Waals surface area (Å²) in [5, 5.41) is 12.3.